The highest BCUT2D eigenvalue weighted by Crippen LogP contribution is 2.30. The fourth-order valence-corrected chi connectivity index (χ4v) is 2.88. The number of anilines is 1. The molecule has 0 aliphatic carbocycles. The second-order valence-corrected chi connectivity index (χ2v) is 5.63. The Morgan fingerprint density at radius 2 is 2.18 bits per heavy atom. The topological polar surface area (TPSA) is 16.1 Å². The van der Waals surface area contributed by atoms with Gasteiger partial charge in [0.15, 0.2) is 0 Å². The molecular weight excluding hydrogens is 232 g/mol. The summed E-state index contributed by atoms with van der Waals surface area (Å²) < 4.78 is 0. The number of rotatable bonds is 2. The van der Waals surface area contributed by atoms with Crippen LogP contribution in [0.4, 0.5) is 5.82 Å². The normalized spacial score (nSPS) is 29.4. The quantitative estimate of drug-likeness (QED) is 0.747. The summed E-state index contributed by atoms with van der Waals surface area (Å²) in [6.45, 7) is 8.05. The van der Waals surface area contributed by atoms with Crippen LogP contribution in [0.15, 0.2) is 18.3 Å². The minimum atomic E-state index is 0.558. The lowest BCUT2D eigenvalue weighted by Gasteiger charge is -2.42. The van der Waals surface area contributed by atoms with Crippen LogP contribution in [0, 0.1) is 11.8 Å². The number of alkyl halides is 1. The Balaban J connectivity index is 2.24. The van der Waals surface area contributed by atoms with E-state index in [4.69, 9.17) is 11.6 Å². The van der Waals surface area contributed by atoms with Crippen LogP contribution in [0.2, 0.25) is 0 Å². The third-order valence-corrected chi connectivity index (χ3v) is 4.16. The van der Waals surface area contributed by atoms with Crippen LogP contribution in [-0.4, -0.2) is 17.6 Å². The van der Waals surface area contributed by atoms with Crippen molar-refractivity contribution in [1.29, 1.82) is 0 Å². The zero-order chi connectivity index (χ0) is 12.4. The van der Waals surface area contributed by atoms with Crippen molar-refractivity contribution in [2.75, 3.05) is 11.4 Å². The average molecular weight is 253 g/mol. The summed E-state index contributed by atoms with van der Waals surface area (Å²) >= 11 is 5.89. The van der Waals surface area contributed by atoms with Crippen LogP contribution in [0.1, 0.15) is 32.8 Å². The number of aromatic nitrogens is 1. The summed E-state index contributed by atoms with van der Waals surface area (Å²) in [7, 11) is 0. The Bertz CT molecular complexity index is 380. The van der Waals surface area contributed by atoms with E-state index in [0.29, 0.717) is 11.9 Å². The van der Waals surface area contributed by atoms with E-state index in [2.05, 4.69) is 36.7 Å². The molecule has 0 saturated carbocycles. The molecule has 3 heteroatoms. The molecule has 0 spiro atoms. The average Bonchev–Trinajstić information content (AvgIpc) is 2.34. The first-order chi connectivity index (χ1) is 8.11. The minimum Gasteiger partial charge on any atom is -0.353 e. The van der Waals surface area contributed by atoms with Crippen LogP contribution in [0.5, 0.6) is 0 Å². The first kappa shape index (κ1) is 12.7. The summed E-state index contributed by atoms with van der Waals surface area (Å²) in [6.07, 6.45) is 3.18. The molecule has 1 aliphatic rings. The van der Waals surface area contributed by atoms with Crippen LogP contribution < -0.4 is 4.90 Å². The van der Waals surface area contributed by atoms with Crippen molar-refractivity contribution in [2.24, 2.45) is 11.8 Å². The van der Waals surface area contributed by atoms with Crippen molar-refractivity contribution in [3.63, 3.8) is 0 Å². The van der Waals surface area contributed by atoms with Gasteiger partial charge in [-0.1, -0.05) is 13.8 Å². The van der Waals surface area contributed by atoms with Gasteiger partial charge in [-0.15, -0.1) is 11.6 Å². The molecule has 1 aliphatic heterocycles. The Morgan fingerprint density at radius 1 is 1.41 bits per heavy atom. The zero-order valence-electron chi connectivity index (χ0n) is 10.9. The summed E-state index contributed by atoms with van der Waals surface area (Å²) in [5.41, 5.74) is 1.15. The third kappa shape index (κ3) is 2.74. The predicted molar refractivity (Wildman–Crippen MR) is 73.5 cm³/mol. The maximum absolute atomic E-state index is 5.89. The molecule has 94 valence electrons. The molecule has 1 fully saturated rings. The minimum absolute atomic E-state index is 0.558. The molecule has 0 aromatic carbocycles. The van der Waals surface area contributed by atoms with Crippen molar-refractivity contribution < 1.29 is 0 Å². The van der Waals surface area contributed by atoms with Crippen molar-refractivity contribution in [3.05, 3.63) is 23.9 Å². The molecule has 0 radical (unpaired) electrons. The zero-order valence-corrected chi connectivity index (χ0v) is 11.6. The second-order valence-electron chi connectivity index (χ2n) is 5.37. The van der Waals surface area contributed by atoms with Gasteiger partial charge >= 0.3 is 0 Å². The molecule has 0 bridgehead atoms. The number of nitrogens with zero attached hydrogens (tertiary/aromatic N) is 2. The molecule has 0 N–H and O–H groups in total. The van der Waals surface area contributed by atoms with E-state index >= 15 is 0 Å². The van der Waals surface area contributed by atoms with Crippen LogP contribution in [0.3, 0.4) is 0 Å². The molecule has 1 aromatic rings. The fourth-order valence-electron chi connectivity index (χ4n) is 2.72. The van der Waals surface area contributed by atoms with Gasteiger partial charge in [-0.05, 0) is 42.9 Å². The van der Waals surface area contributed by atoms with E-state index in [9.17, 15) is 0 Å². The summed E-state index contributed by atoms with van der Waals surface area (Å²) in [4.78, 5) is 6.92. The van der Waals surface area contributed by atoms with Gasteiger partial charge in [-0.2, -0.15) is 0 Å². The summed E-state index contributed by atoms with van der Waals surface area (Å²) in [5, 5.41) is 0. The highest BCUT2D eigenvalue weighted by molar-refractivity contribution is 6.17. The predicted octanol–water partition coefficient (Wildman–Crippen LogP) is 3.69. The van der Waals surface area contributed by atoms with Crippen LogP contribution in [0.25, 0.3) is 0 Å². The number of hydrogen-bond donors (Lipinski definition) is 0. The molecule has 17 heavy (non-hydrogen) atoms. The maximum Gasteiger partial charge on any atom is 0.129 e. The van der Waals surface area contributed by atoms with Crippen molar-refractivity contribution in [2.45, 2.75) is 39.1 Å². The third-order valence-electron chi connectivity index (χ3n) is 3.86. The number of pyridine rings is 1. The Labute approximate surface area is 109 Å². The molecular formula is C14H21ClN2. The van der Waals surface area contributed by atoms with Crippen molar-refractivity contribution in [3.8, 4) is 0 Å². The van der Waals surface area contributed by atoms with E-state index in [0.717, 1.165) is 29.8 Å². The number of piperidine rings is 1. The monoisotopic (exact) mass is 252 g/mol. The van der Waals surface area contributed by atoms with Gasteiger partial charge < -0.3 is 4.90 Å². The number of halogens is 1. The summed E-state index contributed by atoms with van der Waals surface area (Å²) in [6, 6.07) is 4.66. The maximum atomic E-state index is 5.89. The lowest BCUT2D eigenvalue weighted by atomic mass is 9.86. The first-order valence-corrected chi connectivity index (χ1v) is 6.92. The van der Waals surface area contributed by atoms with Gasteiger partial charge in [0.1, 0.15) is 5.82 Å². The van der Waals surface area contributed by atoms with E-state index in [1.165, 1.54) is 6.42 Å². The smallest absolute Gasteiger partial charge is 0.129 e. The largest absolute Gasteiger partial charge is 0.353 e. The summed E-state index contributed by atoms with van der Waals surface area (Å²) in [5.74, 6) is 3.10. The Hall–Kier alpha value is -0.760. The molecule has 2 nitrogen and oxygen atoms in total. The first-order valence-electron chi connectivity index (χ1n) is 6.39. The second kappa shape index (κ2) is 5.26. The van der Waals surface area contributed by atoms with Crippen molar-refractivity contribution >= 4 is 17.4 Å². The van der Waals surface area contributed by atoms with E-state index < -0.39 is 0 Å². The van der Waals surface area contributed by atoms with Gasteiger partial charge in [0.25, 0.3) is 0 Å². The van der Waals surface area contributed by atoms with E-state index in [-0.39, 0.29) is 0 Å². The van der Waals surface area contributed by atoms with Gasteiger partial charge in [0.05, 0.1) is 0 Å². The fraction of sp³-hybridized carbons (Fsp3) is 0.643. The SMILES string of the molecule is CC1CC(C)C(C)N(c2cc(CCl)ccn2)C1. The Kier molecular flexibility index (Phi) is 3.93. The lowest BCUT2D eigenvalue weighted by Crippen LogP contribution is -2.46. The van der Waals surface area contributed by atoms with E-state index in [1.807, 2.05) is 12.3 Å². The molecule has 1 saturated heterocycles. The van der Waals surface area contributed by atoms with Gasteiger partial charge in [-0.3, -0.25) is 0 Å². The molecule has 3 atom stereocenters. The standard InChI is InChI=1S/C14H21ClN2/c1-10-6-11(2)12(3)17(9-10)14-7-13(8-15)4-5-16-14/h4-5,7,10-12H,6,8-9H2,1-3H3. The van der Waals surface area contributed by atoms with Crippen molar-refractivity contribution in [1.82, 2.24) is 4.98 Å². The molecule has 1 aromatic heterocycles. The van der Waals surface area contributed by atoms with Gasteiger partial charge in [-0.25, -0.2) is 4.98 Å². The molecule has 2 heterocycles. The number of hydrogen-bond acceptors (Lipinski definition) is 2. The van der Waals surface area contributed by atoms with Crippen LogP contribution >= 0.6 is 11.6 Å². The molecule has 2 rings (SSSR count). The van der Waals surface area contributed by atoms with Crippen LogP contribution in [-0.2, 0) is 5.88 Å². The van der Waals surface area contributed by atoms with Gasteiger partial charge in [0.2, 0.25) is 0 Å². The van der Waals surface area contributed by atoms with E-state index in [1.54, 1.807) is 0 Å². The lowest BCUT2D eigenvalue weighted by molar-refractivity contribution is 0.295. The highest BCUT2D eigenvalue weighted by Gasteiger charge is 2.29. The molecule has 3 unspecified atom stereocenters. The highest BCUT2D eigenvalue weighted by atomic mass is 35.5. The Morgan fingerprint density at radius 3 is 2.88 bits per heavy atom. The molecule has 0 amide bonds. The van der Waals surface area contributed by atoms with Gasteiger partial charge in [0, 0.05) is 24.7 Å².